The summed E-state index contributed by atoms with van der Waals surface area (Å²) in [6, 6.07) is 8.57. The Bertz CT molecular complexity index is 808. The average Bonchev–Trinajstić information content (AvgIpc) is 3.02. The maximum absolute atomic E-state index is 5.15. The van der Waals surface area contributed by atoms with Gasteiger partial charge in [-0.1, -0.05) is 12.1 Å². The molecule has 2 heterocycles. The SMILES string of the molecule is CCN(CC)c1ccc(-c2nc3cnccn3c2NCCOC)cc1. The summed E-state index contributed by atoms with van der Waals surface area (Å²) >= 11 is 0. The lowest BCUT2D eigenvalue weighted by Gasteiger charge is -2.21. The van der Waals surface area contributed by atoms with Gasteiger partial charge in [0.1, 0.15) is 11.5 Å². The van der Waals surface area contributed by atoms with Crippen molar-refractivity contribution in [2.24, 2.45) is 0 Å². The van der Waals surface area contributed by atoms with Crippen LogP contribution in [0.4, 0.5) is 11.5 Å². The smallest absolute Gasteiger partial charge is 0.157 e. The van der Waals surface area contributed by atoms with E-state index in [0.717, 1.165) is 42.4 Å². The largest absolute Gasteiger partial charge is 0.383 e. The minimum absolute atomic E-state index is 0.638. The highest BCUT2D eigenvalue weighted by Gasteiger charge is 2.14. The Morgan fingerprint density at radius 2 is 1.92 bits per heavy atom. The van der Waals surface area contributed by atoms with Gasteiger partial charge in [0, 0.05) is 50.4 Å². The maximum atomic E-state index is 5.15. The van der Waals surface area contributed by atoms with Crippen LogP contribution in [0.5, 0.6) is 0 Å². The summed E-state index contributed by atoms with van der Waals surface area (Å²) in [5.74, 6) is 0.963. The maximum Gasteiger partial charge on any atom is 0.157 e. The second-order valence-corrected chi connectivity index (χ2v) is 5.75. The van der Waals surface area contributed by atoms with Crippen molar-refractivity contribution in [3.05, 3.63) is 42.9 Å². The summed E-state index contributed by atoms with van der Waals surface area (Å²) in [7, 11) is 1.70. The monoisotopic (exact) mass is 339 g/mol. The van der Waals surface area contributed by atoms with Crippen molar-refractivity contribution in [2.75, 3.05) is 43.6 Å². The van der Waals surface area contributed by atoms with E-state index in [2.05, 4.69) is 53.3 Å². The van der Waals surface area contributed by atoms with Crippen LogP contribution < -0.4 is 10.2 Å². The van der Waals surface area contributed by atoms with Gasteiger partial charge in [-0.15, -0.1) is 0 Å². The standard InChI is InChI=1S/C19H25N5O/c1-4-23(5-2)16-8-6-15(7-9-16)18-19(21-11-13-25-3)24-12-10-20-14-17(24)22-18/h6-10,12,14,21H,4-5,11,13H2,1-3H3. The highest BCUT2D eigenvalue weighted by molar-refractivity contribution is 5.77. The molecule has 3 rings (SSSR count). The Balaban J connectivity index is 1.98. The van der Waals surface area contributed by atoms with E-state index in [0.29, 0.717) is 6.61 Å². The van der Waals surface area contributed by atoms with Gasteiger partial charge in [-0.25, -0.2) is 4.98 Å². The van der Waals surface area contributed by atoms with Gasteiger partial charge in [0.05, 0.1) is 12.8 Å². The molecule has 3 aromatic rings. The van der Waals surface area contributed by atoms with E-state index in [1.807, 2.05) is 10.6 Å². The van der Waals surface area contributed by atoms with Crippen molar-refractivity contribution in [1.82, 2.24) is 14.4 Å². The number of nitrogens with zero attached hydrogens (tertiary/aromatic N) is 4. The topological polar surface area (TPSA) is 54.7 Å². The number of aromatic nitrogens is 3. The van der Waals surface area contributed by atoms with Crippen LogP contribution in [0.1, 0.15) is 13.8 Å². The Hall–Kier alpha value is -2.60. The number of hydrogen-bond acceptors (Lipinski definition) is 5. The van der Waals surface area contributed by atoms with Crippen molar-refractivity contribution >= 4 is 17.2 Å². The molecule has 0 amide bonds. The molecule has 1 aromatic carbocycles. The summed E-state index contributed by atoms with van der Waals surface area (Å²) in [5, 5.41) is 3.43. The van der Waals surface area contributed by atoms with Crippen LogP contribution in [0.3, 0.4) is 0 Å². The molecule has 6 nitrogen and oxygen atoms in total. The zero-order valence-electron chi connectivity index (χ0n) is 15.1. The van der Waals surface area contributed by atoms with Crippen molar-refractivity contribution in [3.8, 4) is 11.3 Å². The number of anilines is 2. The predicted molar refractivity (Wildman–Crippen MR) is 102 cm³/mol. The molecule has 6 heteroatoms. The summed E-state index contributed by atoms with van der Waals surface area (Å²) in [4.78, 5) is 11.3. The van der Waals surface area contributed by atoms with Gasteiger partial charge in [-0.2, -0.15) is 0 Å². The van der Waals surface area contributed by atoms with Crippen LogP contribution in [-0.4, -0.2) is 47.7 Å². The Morgan fingerprint density at radius 1 is 1.16 bits per heavy atom. The van der Waals surface area contributed by atoms with Crippen LogP contribution >= 0.6 is 0 Å². The number of ether oxygens (including phenoxy) is 1. The number of hydrogen-bond donors (Lipinski definition) is 1. The number of nitrogens with one attached hydrogen (secondary N) is 1. The lowest BCUT2D eigenvalue weighted by atomic mass is 10.1. The third kappa shape index (κ3) is 3.58. The van der Waals surface area contributed by atoms with E-state index in [1.54, 1.807) is 19.5 Å². The van der Waals surface area contributed by atoms with E-state index < -0.39 is 0 Å². The predicted octanol–water partition coefficient (Wildman–Crippen LogP) is 3.30. The van der Waals surface area contributed by atoms with Gasteiger partial charge in [0.25, 0.3) is 0 Å². The second-order valence-electron chi connectivity index (χ2n) is 5.75. The molecule has 0 aliphatic heterocycles. The van der Waals surface area contributed by atoms with Gasteiger partial charge in [0.15, 0.2) is 5.65 Å². The van der Waals surface area contributed by atoms with Gasteiger partial charge in [-0.05, 0) is 26.0 Å². The van der Waals surface area contributed by atoms with Crippen molar-refractivity contribution < 1.29 is 4.74 Å². The molecule has 0 aliphatic carbocycles. The molecule has 1 N–H and O–H groups in total. The normalized spacial score (nSPS) is 11.0. The first-order chi connectivity index (χ1) is 12.3. The fraction of sp³-hybridized carbons (Fsp3) is 0.368. The number of fused-ring (bicyclic) bond motifs is 1. The molecule has 0 saturated heterocycles. The third-order valence-electron chi connectivity index (χ3n) is 4.30. The molecule has 0 atom stereocenters. The van der Waals surface area contributed by atoms with Crippen LogP contribution in [0.2, 0.25) is 0 Å². The number of imidazole rings is 1. The molecule has 0 fully saturated rings. The van der Waals surface area contributed by atoms with Crippen molar-refractivity contribution in [1.29, 1.82) is 0 Å². The zero-order valence-corrected chi connectivity index (χ0v) is 15.1. The molecule has 0 saturated carbocycles. The van der Waals surface area contributed by atoms with Crippen molar-refractivity contribution in [2.45, 2.75) is 13.8 Å². The van der Waals surface area contributed by atoms with Gasteiger partial charge in [-0.3, -0.25) is 9.38 Å². The van der Waals surface area contributed by atoms with Crippen LogP contribution in [0, 0.1) is 0 Å². The van der Waals surface area contributed by atoms with E-state index in [9.17, 15) is 0 Å². The fourth-order valence-corrected chi connectivity index (χ4v) is 2.97. The van der Waals surface area contributed by atoms with E-state index in [-0.39, 0.29) is 0 Å². The van der Waals surface area contributed by atoms with Crippen molar-refractivity contribution in [3.63, 3.8) is 0 Å². The molecule has 0 radical (unpaired) electrons. The van der Waals surface area contributed by atoms with E-state index in [4.69, 9.17) is 9.72 Å². The van der Waals surface area contributed by atoms with Crippen LogP contribution in [-0.2, 0) is 4.74 Å². The highest BCUT2D eigenvalue weighted by atomic mass is 16.5. The number of rotatable bonds is 8. The Kier molecular flexibility index (Phi) is 5.50. The first kappa shape index (κ1) is 17.2. The molecule has 132 valence electrons. The van der Waals surface area contributed by atoms with E-state index in [1.165, 1.54) is 5.69 Å². The molecular weight excluding hydrogens is 314 g/mol. The van der Waals surface area contributed by atoms with Crippen LogP contribution in [0.15, 0.2) is 42.9 Å². The Labute approximate surface area is 148 Å². The quantitative estimate of drug-likeness (QED) is 0.638. The zero-order chi connectivity index (χ0) is 17.6. The Morgan fingerprint density at radius 3 is 2.60 bits per heavy atom. The fourth-order valence-electron chi connectivity index (χ4n) is 2.97. The summed E-state index contributed by atoms with van der Waals surface area (Å²) in [6.07, 6.45) is 5.46. The number of methoxy groups -OCH3 is 1. The average molecular weight is 339 g/mol. The second kappa shape index (κ2) is 7.98. The van der Waals surface area contributed by atoms with Crippen LogP contribution in [0.25, 0.3) is 16.9 Å². The van der Waals surface area contributed by atoms with Gasteiger partial charge < -0.3 is 15.0 Å². The number of benzene rings is 1. The first-order valence-corrected chi connectivity index (χ1v) is 8.68. The van der Waals surface area contributed by atoms with E-state index >= 15 is 0 Å². The minimum Gasteiger partial charge on any atom is -0.383 e. The molecule has 0 aliphatic rings. The molecule has 0 bridgehead atoms. The highest BCUT2D eigenvalue weighted by Crippen LogP contribution is 2.30. The van der Waals surface area contributed by atoms with Gasteiger partial charge >= 0.3 is 0 Å². The van der Waals surface area contributed by atoms with Gasteiger partial charge in [0.2, 0.25) is 0 Å². The molecule has 0 unspecified atom stereocenters. The minimum atomic E-state index is 0.638. The molecule has 0 spiro atoms. The molecule has 25 heavy (non-hydrogen) atoms. The third-order valence-corrected chi connectivity index (χ3v) is 4.30. The summed E-state index contributed by atoms with van der Waals surface area (Å²) in [5.41, 5.74) is 4.06. The summed E-state index contributed by atoms with van der Waals surface area (Å²) in [6.45, 7) is 7.70. The first-order valence-electron chi connectivity index (χ1n) is 8.68. The molecular formula is C19H25N5O. The summed E-state index contributed by atoms with van der Waals surface area (Å²) < 4.78 is 7.18. The lowest BCUT2D eigenvalue weighted by Crippen LogP contribution is -2.21. The lowest BCUT2D eigenvalue weighted by molar-refractivity contribution is 0.210. The molecule has 2 aromatic heterocycles.